The Hall–Kier alpha value is -1.56. The van der Waals surface area contributed by atoms with Gasteiger partial charge in [-0.05, 0) is 60.6 Å². The molecule has 0 spiro atoms. The van der Waals surface area contributed by atoms with Crippen LogP contribution in [0.5, 0.6) is 0 Å². The predicted molar refractivity (Wildman–Crippen MR) is 99.9 cm³/mol. The third kappa shape index (κ3) is 4.70. The van der Waals surface area contributed by atoms with Crippen LogP contribution in [0.2, 0.25) is 0 Å². The van der Waals surface area contributed by atoms with Gasteiger partial charge in [-0.1, -0.05) is 80.8 Å². The summed E-state index contributed by atoms with van der Waals surface area (Å²) >= 11 is 0. The van der Waals surface area contributed by atoms with Crippen LogP contribution in [0.25, 0.3) is 0 Å². The summed E-state index contributed by atoms with van der Waals surface area (Å²) in [5.41, 5.74) is 4.39. The summed E-state index contributed by atoms with van der Waals surface area (Å²) in [7, 11) is 0. The van der Waals surface area contributed by atoms with E-state index in [-0.39, 0.29) is 0 Å². The second-order valence-corrected chi connectivity index (χ2v) is 7.26. The molecule has 122 valence electrons. The first-order chi connectivity index (χ1) is 11.3. The van der Waals surface area contributed by atoms with Crippen LogP contribution in [-0.2, 0) is 6.42 Å². The normalized spacial score (nSPS) is 21.3. The monoisotopic (exact) mass is 306 g/mol. The Bertz CT molecular complexity index is 559. The fourth-order valence-electron chi connectivity index (χ4n) is 4.02. The molecule has 2 aromatic carbocycles. The zero-order valence-electron chi connectivity index (χ0n) is 14.5. The van der Waals surface area contributed by atoms with Crippen LogP contribution in [0.1, 0.15) is 74.5 Å². The number of hydrogen-bond acceptors (Lipinski definition) is 0. The van der Waals surface area contributed by atoms with Gasteiger partial charge in [0.2, 0.25) is 0 Å². The number of unbranched alkanes of at least 4 members (excludes halogenated alkanes) is 1. The lowest BCUT2D eigenvalue weighted by molar-refractivity contribution is 0.304. The summed E-state index contributed by atoms with van der Waals surface area (Å²) in [5, 5.41) is 0. The second kappa shape index (κ2) is 8.34. The average molecular weight is 306 g/mol. The standard InChI is InChI=1S/C23H30/c1-2-3-7-19-10-14-22(15-11-19)23-16-12-21(13-17-23)18-20-8-5-4-6-9-20/h4-6,8-9,12-13,16-17,19,22H,2-3,7,10-11,14-15,18H2,1H3. The van der Waals surface area contributed by atoms with E-state index in [1.165, 1.54) is 56.1 Å². The summed E-state index contributed by atoms with van der Waals surface area (Å²) in [5.74, 6) is 1.81. The molecule has 0 nitrogen and oxygen atoms in total. The van der Waals surface area contributed by atoms with Crippen LogP contribution in [0.3, 0.4) is 0 Å². The molecule has 1 fully saturated rings. The largest absolute Gasteiger partial charge is 0.0654 e. The Morgan fingerprint density at radius 3 is 2.09 bits per heavy atom. The lowest BCUT2D eigenvalue weighted by Gasteiger charge is -2.29. The van der Waals surface area contributed by atoms with Gasteiger partial charge in [-0.15, -0.1) is 0 Å². The second-order valence-electron chi connectivity index (χ2n) is 7.26. The highest BCUT2D eigenvalue weighted by atomic mass is 14.3. The average Bonchev–Trinajstić information content (AvgIpc) is 2.62. The van der Waals surface area contributed by atoms with Crippen molar-refractivity contribution in [2.24, 2.45) is 5.92 Å². The minimum Gasteiger partial charge on any atom is -0.0654 e. The third-order valence-corrected chi connectivity index (χ3v) is 5.51. The molecule has 0 saturated heterocycles. The van der Waals surface area contributed by atoms with Crippen molar-refractivity contribution in [1.29, 1.82) is 0 Å². The van der Waals surface area contributed by atoms with E-state index in [2.05, 4.69) is 61.5 Å². The fourth-order valence-corrected chi connectivity index (χ4v) is 4.02. The molecule has 23 heavy (non-hydrogen) atoms. The Morgan fingerprint density at radius 2 is 1.43 bits per heavy atom. The number of benzene rings is 2. The van der Waals surface area contributed by atoms with Gasteiger partial charge in [0, 0.05) is 0 Å². The van der Waals surface area contributed by atoms with E-state index in [0.29, 0.717) is 0 Å². The summed E-state index contributed by atoms with van der Waals surface area (Å²) in [6.45, 7) is 2.31. The lowest BCUT2D eigenvalue weighted by atomic mass is 9.77. The zero-order valence-corrected chi connectivity index (χ0v) is 14.5. The molecule has 1 saturated carbocycles. The van der Waals surface area contributed by atoms with Crippen molar-refractivity contribution in [3.05, 3.63) is 71.3 Å². The maximum atomic E-state index is 2.38. The van der Waals surface area contributed by atoms with Crippen molar-refractivity contribution in [2.45, 2.75) is 64.2 Å². The van der Waals surface area contributed by atoms with Gasteiger partial charge in [0.05, 0.1) is 0 Å². The van der Waals surface area contributed by atoms with Crippen LogP contribution in [0.15, 0.2) is 54.6 Å². The van der Waals surface area contributed by atoms with Gasteiger partial charge in [-0.3, -0.25) is 0 Å². The third-order valence-electron chi connectivity index (χ3n) is 5.51. The molecule has 0 unspecified atom stereocenters. The van der Waals surface area contributed by atoms with E-state index in [4.69, 9.17) is 0 Å². The molecule has 2 aromatic rings. The minimum absolute atomic E-state index is 0.804. The zero-order chi connectivity index (χ0) is 15.9. The molecule has 0 heteroatoms. The van der Waals surface area contributed by atoms with Crippen molar-refractivity contribution in [3.63, 3.8) is 0 Å². The molecule has 3 rings (SSSR count). The molecule has 0 amide bonds. The minimum atomic E-state index is 0.804. The van der Waals surface area contributed by atoms with Gasteiger partial charge in [0.25, 0.3) is 0 Å². The molecular formula is C23H30. The van der Waals surface area contributed by atoms with E-state index in [1.807, 2.05) is 0 Å². The maximum Gasteiger partial charge on any atom is -0.00258 e. The summed E-state index contributed by atoms with van der Waals surface area (Å²) < 4.78 is 0. The molecule has 1 aliphatic rings. The molecule has 0 N–H and O–H groups in total. The van der Waals surface area contributed by atoms with Crippen LogP contribution in [0, 0.1) is 5.92 Å². The highest BCUT2D eigenvalue weighted by Crippen LogP contribution is 2.37. The van der Waals surface area contributed by atoms with Crippen molar-refractivity contribution >= 4 is 0 Å². The van der Waals surface area contributed by atoms with E-state index >= 15 is 0 Å². The summed E-state index contributed by atoms with van der Waals surface area (Å²) in [6.07, 6.45) is 10.9. The highest BCUT2D eigenvalue weighted by Gasteiger charge is 2.21. The first-order valence-corrected chi connectivity index (χ1v) is 9.48. The molecule has 1 aliphatic carbocycles. The first-order valence-electron chi connectivity index (χ1n) is 9.48. The Kier molecular flexibility index (Phi) is 5.91. The predicted octanol–water partition coefficient (Wildman–Crippen LogP) is 6.74. The maximum absolute atomic E-state index is 2.38. The SMILES string of the molecule is CCCCC1CCC(c2ccc(Cc3ccccc3)cc2)CC1. The Labute approximate surface area is 141 Å². The topological polar surface area (TPSA) is 0 Å². The summed E-state index contributed by atoms with van der Waals surface area (Å²) in [4.78, 5) is 0. The van der Waals surface area contributed by atoms with Crippen LogP contribution < -0.4 is 0 Å². The lowest BCUT2D eigenvalue weighted by Crippen LogP contribution is -2.13. The van der Waals surface area contributed by atoms with Gasteiger partial charge in [-0.25, -0.2) is 0 Å². The van der Waals surface area contributed by atoms with Crippen LogP contribution in [0.4, 0.5) is 0 Å². The van der Waals surface area contributed by atoms with E-state index in [1.54, 1.807) is 5.56 Å². The van der Waals surface area contributed by atoms with Crippen molar-refractivity contribution in [2.75, 3.05) is 0 Å². The van der Waals surface area contributed by atoms with E-state index in [0.717, 1.165) is 18.3 Å². The Balaban J connectivity index is 1.54. The molecule has 0 aromatic heterocycles. The van der Waals surface area contributed by atoms with Gasteiger partial charge >= 0.3 is 0 Å². The number of hydrogen-bond donors (Lipinski definition) is 0. The van der Waals surface area contributed by atoms with E-state index in [9.17, 15) is 0 Å². The highest BCUT2D eigenvalue weighted by molar-refractivity contribution is 5.30. The molecule has 0 atom stereocenters. The van der Waals surface area contributed by atoms with Gasteiger partial charge in [-0.2, -0.15) is 0 Å². The first kappa shape index (κ1) is 16.3. The van der Waals surface area contributed by atoms with Gasteiger partial charge < -0.3 is 0 Å². The van der Waals surface area contributed by atoms with E-state index < -0.39 is 0 Å². The molecule has 0 bridgehead atoms. The van der Waals surface area contributed by atoms with Crippen LogP contribution >= 0.6 is 0 Å². The van der Waals surface area contributed by atoms with Gasteiger partial charge in [0.1, 0.15) is 0 Å². The molecule has 0 aliphatic heterocycles. The molecular weight excluding hydrogens is 276 g/mol. The van der Waals surface area contributed by atoms with Crippen molar-refractivity contribution in [3.8, 4) is 0 Å². The fraction of sp³-hybridized carbons (Fsp3) is 0.478. The van der Waals surface area contributed by atoms with Crippen molar-refractivity contribution < 1.29 is 0 Å². The molecule has 0 heterocycles. The Morgan fingerprint density at radius 1 is 0.783 bits per heavy atom. The van der Waals surface area contributed by atoms with Crippen molar-refractivity contribution in [1.82, 2.24) is 0 Å². The van der Waals surface area contributed by atoms with Crippen LogP contribution in [-0.4, -0.2) is 0 Å². The summed E-state index contributed by atoms with van der Waals surface area (Å²) in [6, 6.07) is 20.2. The molecule has 0 radical (unpaired) electrons. The smallest absolute Gasteiger partial charge is 0.00258 e. The van der Waals surface area contributed by atoms with Gasteiger partial charge in [0.15, 0.2) is 0 Å². The number of rotatable bonds is 6. The quantitative estimate of drug-likeness (QED) is 0.554.